The molecule has 2 atom stereocenters. The highest BCUT2D eigenvalue weighted by atomic mass is 32.1. The van der Waals surface area contributed by atoms with Gasteiger partial charge < -0.3 is 9.84 Å². The largest absolute Gasteiger partial charge is 0.486 e. The van der Waals surface area contributed by atoms with E-state index < -0.39 is 6.10 Å². The summed E-state index contributed by atoms with van der Waals surface area (Å²) >= 11 is 1.59. The van der Waals surface area contributed by atoms with Gasteiger partial charge in [0, 0.05) is 36.8 Å². The van der Waals surface area contributed by atoms with Gasteiger partial charge in [0.25, 0.3) is 0 Å². The van der Waals surface area contributed by atoms with Crippen molar-refractivity contribution in [1.82, 2.24) is 9.88 Å². The summed E-state index contributed by atoms with van der Waals surface area (Å²) in [5, 5.41) is 10.0. The SMILES string of the molecule is O[C@@H]1CN(Cc2cncs2)C[C@H]1Oc1cccc(F)c1. The molecule has 6 heteroatoms. The van der Waals surface area contributed by atoms with E-state index in [1.807, 2.05) is 6.20 Å². The molecule has 0 amide bonds. The average Bonchev–Trinajstić information content (AvgIpc) is 3.01. The molecule has 0 unspecified atom stereocenters. The lowest BCUT2D eigenvalue weighted by Gasteiger charge is -2.16. The van der Waals surface area contributed by atoms with Crippen LogP contribution in [-0.2, 0) is 6.54 Å². The summed E-state index contributed by atoms with van der Waals surface area (Å²) in [6.07, 6.45) is 0.938. The first-order valence-corrected chi connectivity index (χ1v) is 7.28. The van der Waals surface area contributed by atoms with Crippen molar-refractivity contribution in [2.24, 2.45) is 0 Å². The minimum atomic E-state index is -0.564. The molecule has 1 aliphatic heterocycles. The lowest BCUT2D eigenvalue weighted by Crippen LogP contribution is -2.29. The monoisotopic (exact) mass is 294 g/mol. The number of halogens is 1. The molecule has 106 valence electrons. The molecule has 0 radical (unpaired) electrons. The predicted octanol–water partition coefficient (Wildman–Crippen LogP) is 1.91. The van der Waals surface area contributed by atoms with Gasteiger partial charge in [0.15, 0.2) is 0 Å². The number of aliphatic hydroxyl groups excluding tert-OH is 1. The highest BCUT2D eigenvalue weighted by Gasteiger charge is 2.33. The van der Waals surface area contributed by atoms with E-state index in [4.69, 9.17) is 4.74 Å². The molecule has 0 aliphatic carbocycles. The van der Waals surface area contributed by atoms with Crippen molar-refractivity contribution in [3.05, 3.63) is 46.7 Å². The summed E-state index contributed by atoms with van der Waals surface area (Å²) in [4.78, 5) is 7.31. The molecule has 2 heterocycles. The molecule has 1 fully saturated rings. The number of rotatable bonds is 4. The summed E-state index contributed by atoms with van der Waals surface area (Å²) in [5.41, 5.74) is 1.79. The van der Waals surface area contributed by atoms with Crippen LogP contribution in [-0.4, -0.2) is 40.3 Å². The number of nitrogens with zero attached hydrogens (tertiary/aromatic N) is 2. The third kappa shape index (κ3) is 3.15. The molecular formula is C14H15FN2O2S. The second kappa shape index (κ2) is 5.87. The predicted molar refractivity (Wildman–Crippen MR) is 74.2 cm³/mol. The topological polar surface area (TPSA) is 45.6 Å². The summed E-state index contributed by atoms with van der Waals surface area (Å²) in [7, 11) is 0. The van der Waals surface area contributed by atoms with Crippen molar-refractivity contribution in [1.29, 1.82) is 0 Å². The fourth-order valence-corrected chi connectivity index (χ4v) is 2.97. The molecule has 1 aromatic heterocycles. The number of aliphatic hydroxyl groups is 1. The number of hydrogen-bond donors (Lipinski definition) is 1. The zero-order chi connectivity index (χ0) is 13.9. The van der Waals surface area contributed by atoms with Crippen molar-refractivity contribution in [3.63, 3.8) is 0 Å². The number of β-amino-alcohol motifs (C(OH)–C–C–N with tert-alkyl or cyclic N) is 1. The highest BCUT2D eigenvalue weighted by molar-refractivity contribution is 7.09. The first kappa shape index (κ1) is 13.5. The Morgan fingerprint density at radius 2 is 2.35 bits per heavy atom. The Bertz CT molecular complexity index is 564. The van der Waals surface area contributed by atoms with E-state index in [0.717, 1.165) is 11.4 Å². The van der Waals surface area contributed by atoms with Crippen LogP contribution in [0.4, 0.5) is 4.39 Å². The average molecular weight is 294 g/mol. The molecule has 20 heavy (non-hydrogen) atoms. The maximum Gasteiger partial charge on any atom is 0.138 e. The summed E-state index contributed by atoms with van der Waals surface area (Å²) in [5.74, 6) is 0.116. The normalized spacial score (nSPS) is 23.1. The standard InChI is InChI=1S/C14H15FN2O2S/c15-10-2-1-3-11(4-10)19-14-8-17(7-13(14)18)6-12-5-16-9-20-12/h1-5,9,13-14,18H,6-8H2/t13-,14-/m1/s1. The third-order valence-electron chi connectivity index (χ3n) is 3.26. The van der Waals surface area contributed by atoms with Crippen LogP contribution in [0.1, 0.15) is 4.88 Å². The second-order valence-electron chi connectivity index (χ2n) is 4.84. The van der Waals surface area contributed by atoms with Crippen LogP contribution in [0.2, 0.25) is 0 Å². The van der Waals surface area contributed by atoms with Crippen molar-refractivity contribution in [3.8, 4) is 5.75 Å². The molecule has 3 rings (SSSR count). The molecule has 1 aliphatic rings. The Labute approximate surface area is 120 Å². The number of likely N-dealkylation sites (tertiary alicyclic amines) is 1. The van der Waals surface area contributed by atoms with Gasteiger partial charge in [-0.1, -0.05) is 6.07 Å². The molecule has 0 bridgehead atoms. The van der Waals surface area contributed by atoms with Crippen LogP contribution in [0.5, 0.6) is 5.75 Å². The van der Waals surface area contributed by atoms with E-state index in [0.29, 0.717) is 18.8 Å². The Morgan fingerprint density at radius 1 is 1.45 bits per heavy atom. The van der Waals surface area contributed by atoms with Crippen molar-refractivity contribution in [2.45, 2.75) is 18.8 Å². The number of ether oxygens (including phenoxy) is 1. The molecule has 2 aromatic rings. The number of aromatic nitrogens is 1. The summed E-state index contributed by atoms with van der Waals surface area (Å²) in [6.45, 7) is 1.93. The molecule has 1 N–H and O–H groups in total. The van der Waals surface area contributed by atoms with E-state index >= 15 is 0 Å². The quantitative estimate of drug-likeness (QED) is 0.935. The van der Waals surface area contributed by atoms with Crippen LogP contribution >= 0.6 is 11.3 Å². The lowest BCUT2D eigenvalue weighted by atomic mass is 10.2. The van der Waals surface area contributed by atoms with Crippen molar-refractivity contribution < 1.29 is 14.2 Å². The first-order chi connectivity index (χ1) is 9.70. The summed E-state index contributed by atoms with van der Waals surface area (Å²) < 4.78 is 18.8. The van der Waals surface area contributed by atoms with Crippen molar-refractivity contribution in [2.75, 3.05) is 13.1 Å². The van der Waals surface area contributed by atoms with E-state index in [2.05, 4.69) is 9.88 Å². The van der Waals surface area contributed by atoms with Crippen LogP contribution in [0.15, 0.2) is 36.0 Å². The van der Waals surface area contributed by atoms with Crippen LogP contribution < -0.4 is 4.74 Å². The van der Waals surface area contributed by atoms with Crippen LogP contribution in [0.3, 0.4) is 0 Å². The van der Waals surface area contributed by atoms with Crippen LogP contribution in [0, 0.1) is 5.82 Å². The van der Waals surface area contributed by atoms with Gasteiger partial charge >= 0.3 is 0 Å². The molecular weight excluding hydrogens is 279 g/mol. The Balaban J connectivity index is 1.61. The van der Waals surface area contributed by atoms with E-state index in [9.17, 15) is 9.50 Å². The van der Waals surface area contributed by atoms with Crippen LogP contribution in [0.25, 0.3) is 0 Å². The Kier molecular flexibility index (Phi) is 3.95. The third-order valence-corrected chi connectivity index (χ3v) is 4.02. The minimum absolute atomic E-state index is 0.329. The highest BCUT2D eigenvalue weighted by Crippen LogP contribution is 2.21. The molecule has 0 saturated carbocycles. The second-order valence-corrected chi connectivity index (χ2v) is 5.81. The van der Waals surface area contributed by atoms with Gasteiger partial charge in [0.1, 0.15) is 23.8 Å². The first-order valence-electron chi connectivity index (χ1n) is 6.41. The molecule has 0 spiro atoms. The van der Waals surface area contributed by atoms with E-state index in [1.54, 1.807) is 29.0 Å². The number of thiazole rings is 1. The van der Waals surface area contributed by atoms with E-state index in [1.165, 1.54) is 12.1 Å². The Hall–Kier alpha value is -1.50. The van der Waals surface area contributed by atoms with Gasteiger partial charge in [-0.3, -0.25) is 9.88 Å². The van der Waals surface area contributed by atoms with Gasteiger partial charge in [-0.15, -0.1) is 11.3 Å². The van der Waals surface area contributed by atoms with Gasteiger partial charge in [-0.25, -0.2) is 4.39 Å². The lowest BCUT2D eigenvalue weighted by molar-refractivity contribution is 0.0734. The maximum absolute atomic E-state index is 13.1. The fourth-order valence-electron chi connectivity index (χ4n) is 2.33. The van der Waals surface area contributed by atoms with Gasteiger partial charge in [-0.05, 0) is 12.1 Å². The zero-order valence-electron chi connectivity index (χ0n) is 10.8. The van der Waals surface area contributed by atoms with Gasteiger partial charge in [-0.2, -0.15) is 0 Å². The Morgan fingerprint density at radius 3 is 3.10 bits per heavy atom. The smallest absolute Gasteiger partial charge is 0.138 e. The number of hydrogen-bond acceptors (Lipinski definition) is 5. The van der Waals surface area contributed by atoms with Gasteiger partial charge in [0.2, 0.25) is 0 Å². The zero-order valence-corrected chi connectivity index (χ0v) is 11.6. The maximum atomic E-state index is 13.1. The minimum Gasteiger partial charge on any atom is -0.486 e. The van der Waals surface area contributed by atoms with Gasteiger partial charge in [0.05, 0.1) is 5.51 Å². The molecule has 4 nitrogen and oxygen atoms in total. The molecule has 1 aromatic carbocycles. The van der Waals surface area contributed by atoms with E-state index in [-0.39, 0.29) is 11.9 Å². The van der Waals surface area contributed by atoms with Crippen molar-refractivity contribution >= 4 is 11.3 Å². The fraction of sp³-hybridized carbons (Fsp3) is 0.357. The number of benzene rings is 1. The summed E-state index contributed by atoms with van der Waals surface area (Å²) in [6, 6.07) is 6.00. The molecule has 1 saturated heterocycles.